The number of carbonyl (C=O) groups is 2. The average molecular weight is 681 g/mol. The number of rotatable bonds is 39. The molecule has 0 saturated heterocycles. The van der Waals surface area contributed by atoms with Crippen LogP contribution >= 0.6 is 0 Å². The highest BCUT2D eigenvalue weighted by molar-refractivity contribution is 5.81. The molecule has 0 fully saturated rings. The van der Waals surface area contributed by atoms with Crippen LogP contribution in [0.5, 0.6) is 0 Å². The van der Waals surface area contributed by atoms with Gasteiger partial charge in [0, 0.05) is 13.1 Å². The van der Waals surface area contributed by atoms with E-state index in [1.165, 1.54) is 180 Å². The zero-order chi connectivity index (χ0) is 35.2. The molecule has 0 aliphatic rings. The summed E-state index contributed by atoms with van der Waals surface area (Å²) >= 11 is 0. The van der Waals surface area contributed by atoms with Crippen molar-refractivity contribution in [1.29, 1.82) is 0 Å². The lowest BCUT2D eigenvalue weighted by Crippen LogP contribution is -2.42. The lowest BCUT2D eigenvalue weighted by atomic mass is 10.0. The molecular formula is C42H84N2O4. The van der Waals surface area contributed by atoms with Crippen LogP contribution in [0.4, 0.5) is 0 Å². The number of hydrogen-bond acceptors (Lipinski definition) is 4. The molecule has 0 aromatic rings. The molecule has 6 heteroatoms. The third-order valence-corrected chi connectivity index (χ3v) is 9.99. The van der Waals surface area contributed by atoms with Gasteiger partial charge in [-0.05, 0) is 12.8 Å². The summed E-state index contributed by atoms with van der Waals surface area (Å²) in [5, 5.41) is 25.7. The van der Waals surface area contributed by atoms with Gasteiger partial charge in [0.05, 0.1) is 0 Å². The molecule has 6 nitrogen and oxygen atoms in total. The van der Waals surface area contributed by atoms with E-state index in [0.717, 1.165) is 25.7 Å². The Labute approximate surface area is 299 Å². The molecule has 2 unspecified atom stereocenters. The Kier molecular flexibility index (Phi) is 37.7. The van der Waals surface area contributed by atoms with E-state index < -0.39 is 12.2 Å². The van der Waals surface area contributed by atoms with Gasteiger partial charge in [-0.25, -0.2) is 0 Å². The molecule has 0 aliphatic carbocycles. The van der Waals surface area contributed by atoms with Crippen LogP contribution in [0.15, 0.2) is 0 Å². The highest BCUT2D eigenvalue weighted by Crippen LogP contribution is 2.16. The normalized spacial score (nSPS) is 12.7. The maximum Gasteiger partial charge on any atom is 0.248 e. The van der Waals surface area contributed by atoms with E-state index in [4.69, 9.17) is 0 Å². The number of amides is 2. The molecule has 286 valence electrons. The first kappa shape index (κ1) is 46.9. The quantitative estimate of drug-likeness (QED) is 0.0486. The number of aliphatic hydroxyl groups excluding tert-OH is 2. The Bertz CT molecular complexity index is 618. The molecule has 2 amide bonds. The summed E-state index contributed by atoms with van der Waals surface area (Å²) in [5.74, 6) is -0.752. The molecule has 4 N–H and O–H groups in total. The molecule has 0 aromatic carbocycles. The van der Waals surface area contributed by atoms with Crippen molar-refractivity contribution in [3.63, 3.8) is 0 Å². The van der Waals surface area contributed by atoms with E-state index in [1.807, 2.05) is 0 Å². The van der Waals surface area contributed by atoms with E-state index in [1.54, 1.807) is 0 Å². The predicted molar refractivity (Wildman–Crippen MR) is 206 cm³/mol. The minimum atomic E-state index is -0.993. The summed E-state index contributed by atoms with van der Waals surface area (Å²) in [4.78, 5) is 24.3. The monoisotopic (exact) mass is 681 g/mol. The SMILES string of the molecule is CCCCCCCCCCCCCCCCCCC(O)C(=O)NCCNC(=O)C(O)CCCCCCCCCCCCCCCCCC. The van der Waals surface area contributed by atoms with Crippen LogP contribution in [0.2, 0.25) is 0 Å². The first-order chi connectivity index (χ1) is 23.5. The zero-order valence-corrected chi connectivity index (χ0v) is 32.3. The Balaban J connectivity index is 3.47. The van der Waals surface area contributed by atoms with Gasteiger partial charge in [-0.1, -0.05) is 219 Å². The first-order valence-electron chi connectivity index (χ1n) is 21.4. The van der Waals surface area contributed by atoms with E-state index in [-0.39, 0.29) is 24.9 Å². The van der Waals surface area contributed by atoms with Crippen LogP contribution in [0, 0.1) is 0 Å². The molecule has 2 atom stereocenters. The zero-order valence-electron chi connectivity index (χ0n) is 32.3. The summed E-state index contributed by atoms with van der Waals surface area (Å²) in [6.07, 6.45) is 40.6. The van der Waals surface area contributed by atoms with Crippen molar-refractivity contribution in [1.82, 2.24) is 10.6 Å². The van der Waals surface area contributed by atoms with Crippen molar-refractivity contribution in [3.05, 3.63) is 0 Å². The summed E-state index contributed by atoms with van der Waals surface area (Å²) in [5.41, 5.74) is 0. The van der Waals surface area contributed by atoms with Crippen LogP contribution in [0.3, 0.4) is 0 Å². The van der Waals surface area contributed by atoms with Gasteiger partial charge in [0.1, 0.15) is 12.2 Å². The Morgan fingerprint density at radius 2 is 0.542 bits per heavy atom. The number of carbonyl (C=O) groups excluding carboxylic acids is 2. The fourth-order valence-electron chi connectivity index (χ4n) is 6.64. The van der Waals surface area contributed by atoms with Crippen LogP contribution in [-0.2, 0) is 9.59 Å². The molecule has 0 aliphatic heterocycles. The smallest absolute Gasteiger partial charge is 0.248 e. The first-order valence-corrected chi connectivity index (χ1v) is 21.4. The largest absolute Gasteiger partial charge is 0.383 e. The van der Waals surface area contributed by atoms with Gasteiger partial charge in [-0.3, -0.25) is 9.59 Å². The molecule has 0 spiro atoms. The van der Waals surface area contributed by atoms with Crippen molar-refractivity contribution in [2.45, 2.75) is 244 Å². The van der Waals surface area contributed by atoms with Gasteiger partial charge < -0.3 is 20.8 Å². The van der Waals surface area contributed by atoms with E-state index in [2.05, 4.69) is 24.5 Å². The standard InChI is InChI=1S/C42H84N2O4/c1-3-5-7-9-11-13-15-17-19-21-23-25-27-29-31-33-35-39(45)41(47)43-37-38-44-42(48)40(46)36-34-32-30-28-26-24-22-20-18-16-14-12-10-8-6-4-2/h39-40,45-46H,3-38H2,1-2H3,(H,43,47)(H,44,48). The molecule has 0 rings (SSSR count). The second kappa shape index (κ2) is 38.7. The van der Waals surface area contributed by atoms with Crippen molar-refractivity contribution >= 4 is 11.8 Å². The van der Waals surface area contributed by atoms with Crippen LogP contribution in [-0.4, -0.2) is 47.3 Å². The van der Waals surface area contributed by atoms with Crippen molar-refractivity contribution in [2.75, 3.05) is 13.1 Å². The van der Waals surface area contributed by atoms with Gasteiger partial charge >= 0.3 is 0 Å². The number of aliphatic hydroxyl groups is 2. The van der Waals surface area contributed by atoms with Crippen molar-refractivity contribution < 1.29 is 19.8 Å². The lowest BCUT2D eigenvalue weighted by Gasteiger charge is -2.13. The van der Waals surface area contributed by atoms with Gasteiger partial charge in [-0.15, -0.1) is 0 Å². The van der Waals surface area contributed by atoms with Crippen LogP contribution in [0.25, 0.3) is 0 Å². The molecule has 0 radical (unpaired) electrons. The molecule has 0 heterocycles. The van der Waals surface area contributed by atoms with E-state index in [0.29, 0.717) is 12.8 Å². The Morgan fingerprint density at radius 3 is 0.750 bits per heavy atom. The highest BCUT2D eigenvalue weighted by atomic mass is 16.3. The predicted octanol–water partition coefficient (Wildman–Crippen LogP) is 11.2. The Morgan fingerprint density at radius 1 is 0.354 bits per heavy atom. The van der Waals surface area contributed by atoms with Crippen LogP contribution in [0.1, 0.15) is 232 Å². The molecule has 0 bridgehead atoms. The minimum absolute atomic E-state index is 0.256. The topological polar surface area (TPSA) is 98.7 Å². The van der Waals surface area contributed by atoms with Crippen LogP contribution < -0.4 is 10.6 Å². The third kappa shape index (κ3) is 34.7. The molecule has 0 saturated carbocycles. The lowest BCUT2D eigenvalue weighted by molar-refractivity contribution is -0.131. The fourth-order valence-corrected chi connectivity index (χ4v) is 6.64. The fraction of sp³-hybridized carbons (Fsp3) is 0.952. The second-order valence-electron chi connectivity index (χ2n) is 14.8. The maximum atomic E-state index is 12.2. The number of unbranched alkanes of at least 4 members (excludes halogenated alkanes) is 30. The number of hydrogen-bond donors (Lipinski definition) is 4. The average Bonchev–Trinajstić information content (AvgIpc) is 3.09. The molecular weight excluding hydrogens is 596 g/mol. The van der Waals surface area contributed by atoms with Gasteiger partial charge in [0.25, 0.3) is 0 Å². The summed E-state index contributed by atoms with van der Waals surface area (Å²) in [7, 11) is 0. The van der Waals surface area contributed by atoms with Crippen molar-refractivity contribution in [2.24, 2.45) is 0 Å². The Hall–Kier alpha value is -1.14. The summed E-state index contributed by atoms with van der Waals surface area (Å²) < 4.78 is 0. The summed E-state index contributed by atoms with van der Waals surface area (Å²) in [6.45, 7) is 5.06. The highest BCUT2D eigenvalue weighted by Gasteiger charge is 2.16. The van der Waals surface area contributed by atoms with Gasteiger partial charge in [0.2, 0.25) is 11.8 Å². The second-order valence-corrected chi connectivity index (χ2v) is 14.8. The summed E-state index contributed by atoms with van der Waals surface area (Å²) in [6, 6.07) is 0. The molecule has 0 aromatic heterocycles. The molecule has 48 heavy (non-hydrogen) atoms. The van der Waals surface area contributed by atoms with E-state index in [9.17, 15) is 19.8 Å². The van der Waals surface area contributed by atoms with Gasteiger partial charge in [-0.2, -0.15) is 0 Å². The number of nitrogens with one attached hydrogen (secondary N) is 2. The van der Waals surface area contributed by atoms with Crippen molar-refractivity contribution in [3.8, 4) is 0 Å². The minimum Gasteiger partial charge on any atom is -0.383 e. The van der Waals surface area contributed by atoms with E-state index >= 15 is 0 Å². The third-order valence-electron chi connectivity index (χ3n) is 9.99. The maximum absolute atomic E-state index is 12.2. The van der Waals surface area contributed by atoms with Gasteiger partial charge in [0.15, 0.2) is 0 Å².